The van der Waals surface area contributed by atoms with Gasteiger partial charge in [-0.15, -0.1) is 0 Å². The van der Waals surface area contributed by atoms with Gasteiger partial charge in [0.25, 0.3) is 0 Å². The normalized spacial score (nSPS) is 17.0. The van der Waals surface area contributed by atoms with Crippen LogP contribution in [0.25, 0.3) is 0 Å². The molecule has 3 N–H and O–H groups in total. The number of thiazole rings is 1. The fourth-order valence-electron chi connectivity index (χ4n) is 3.62. The molecule has 1 amide bonds. The largest absolute Gasteiger partial charge is 0.393 e. The number of nitrogens with one attached hydrogen (secondary N) is 1. The molecule has 2 unspecified atom stereocenters. The summed E-state index contributed by atoms with van der Waals surface area (Å²) < 4.78 is 0.613. The Morgan fingerprint density at radius 1 is 1.33 bits per heavy atom. The van der Waals surface area contributed by atoms with Crippen molar-refractivity contribution >= 4 is 38.3 Å². The van der Waals surface area contributed by atoms with Gasteiger partial charge in [0.2, 0.25) is 5.91 Å². The number of carbonyl (C=O) groups excluding carboxylic acids is 1. The van der Waals surface area contributed by atoms with Crippen LogP contribution in [0.5, 0.6) is 0 Å². The SMILES string of the molecule is Cc1ccc(C(CC2CCCC2)C(=O)Nc2nc(C(O)CO)c(Br)s2)cc1. The quantitative estimate of drug-likeness (QED) is 0.575. The summed E-state index contributed by atoms with van der Waals surface area (Å²) in [6, 6.07) is 8.15. The average molecular weight is 453 g/mol. The lowest BCUT2D eigenvalue weighted by Gasteiger charge is -2.20. The molecule has 1 aliphatic carbocycles. The highest BCUT2D eigenvalue weighted by Crippen LogP contribution is 2.36. The van der Waals surface area contributed by atoms with Crippen LogP contribution in [-0.4, -0.2) is 27.7 Å². The maximum Gasteiger partial charge on any atom is 0.233 e. The molecule has 0 spiro atoms. The number of hydrogen-bond donors (Lipinski definition) is 3. The standard InChI is InChI=1S/C20H25BrN2O3S/c1-12-6-8-14(9-7-12)15(10-13-4-2-3-5-13)19(26)23-20-22-17(16(25)11-24)18(21)27-20/h6-9,13,15-16,24-25H,2-5,10-11H2,1H3,(H,22,23,26). The Morgan fingerprint density at radius 3 is 2.63 bits per heavy atom. The van der Waals surface area contributed by atoms with Crippen molar-refractivity contribution in [1.82, 2.24) is 4.98 Å². The van der Waals surface area contributed by atoms with Crippen LogP contribution in [0.2, 0.25) is 0 Å². The third kappa shape index (κ3) is 5.16. The topological polar surface area (TPSA) is 82.5 Å². The Morgan fingerprint density at radius 2 is 2.00 bits per heavy atom. The third-order valence-electron chi connectivity index (χ3n) is 5.17. The maximum atomic E-state index is 13.1. The number of halogens is 1. The Kier molecular flexibility index (Phi) is 7.03. The molecule has 146 valence electrons. The van der Waals surface area contributed by atoms with Crippen LogP contribution in [0, 0.1) is 12.8 Å². The van der Waals surface area contributed by atoms with Crippen LogP contribution < -0.4 is 5.32 Å². The van der Waals surface area contributed by atoms with E-state index in [0.29, 0.717) is 20.5 Å². The van der Waals surface area contributed by atoms with Crippen molar-refractivity contribution in [1.29, 1.82) is 0 Å². The van der Waals surface area contributed by atoms with Gasteiger partial charge in [-0.25, -0.2) is 4.98 Å². The molecular weight excluding hydrogens is 428 g/mol. The zero-order valence-electron chi connectivity index (χ0n) is 15.3. The highest BCUT2D eigenvalue weighted by Gasteiger charge is 2.28. The first-order valence-corrected chi connectivity index (χ1v) is 10.9. The number of benzene rings is 1. The number of aryl methyl sites for hydroxylation is 1. The van der Waals surface area contributed by atoms with Gasteiger partial charge in [0, 0.05) is 0 Å². The molecule has 5 nitrogen and oxygen atoms in total. The molecule has 0 saturated heterocycles. The van der Waals surface area contributed by atoms with Crippen molar-refractivity contribution in [2.75, 3.05) is 11.9 Å². The van der Waals surface area contributed by atoms with Crippen molar-refractivity contribution in [2.45, 2.75) is 51.0 Å². The van der Waals surface area contributed by atoms with E-state index in [1.807, 2.05) is 31.2 Å². The van der Waals surface area contributed by atoms with Gasteiger partial charge in [-0.3, -0.25) is 4.79 Å². The molecule has 2 atom stereocenters. The van der Waals surface area contributed by atoms with Crippen molar-refractivity contribution in [2.24, 2.45) is 5.92 Å². The molecular formula is C20H25BrN2O3S. The second kappa shape index (κ2) is 9.28. The summed E-state index contributed by atoms with van der Waals surface area (Å²) in [5.74, 6) is 0.288. The molecule has 1 aromatic carbocycles. The molecule has 1 saturated carbocycles. The fraction of sp³-hybridized carbons (Fsp3) is 0.500. The van der Waals surface area contributed by atoms with E-state index in [0.717, 1.165) is 12.0 Å². The van der Waals surface area contributed by atoms with Gasteiger partial charge >= 0.3 is 0 Å². The lowest BCUT2D eigenvalue weighted by atomic mass is 9.87. The number of aliphatic hydroxyl groups excluding tert-OH is 2. The van der Waals surface area contributed by atoms with Crippen LogP contribution in [0.3, 0.4) is 0 Å². The van der Waals surface area contributed by atoms with E-state index < -0.39 is 12.7 Å². The second-order valence-electron chi connectivity index (χ2n) is 7.22. The number of nitrogens with zero attached hydrogens (tertiary/aromatic N) is 1. The molecule has 1 heterocycles. The molecule has 0 radical (unpaired) electrons. The van der Waals surface area contributed by atoms with E-state index in [9.17, 15) is 9.90 Å². The average Bonchev–Trinajstić information content (AvgIpc) is 3.29. The lowest BCUT2D eigenvalue weighted by molar-refractivity contribution is -0.118. The molecule has 2 aromatic rings. The summed E-state index contributed by atoms with van der Waals surface area (Å²) in [4.78, 5) is 17.3. The Bertz CT molecular complexity index is 772. The highest BCUT2D eigenvalue weighted by molar-refractivity contribution is 9.11. The van der Waals surface area contributed by atoms with Gasteiger partial charge in [-0.1, -0.05) is 66.8 Å². The molecule has 0 aliphatic heterocycles. The molecule has 7 heteroatoms. The Balaban J connectivity index is 1.78. The van der Waals surface area contributed by atoms with Crippen LogP contribution in [-0.2, 0) is 4.79 Å². The second-order valence-corrected chi connectivity index (χ2v) is 9.53. The molecule has 1 fully saturated rings. The Labute approximate surface area is 172 Å². The van der Waals surface area contributed by atoms with E-state index in [1.165, 1.54) is 42.6 Å². The molecule has 1 aliphatic rings. The summed E-state index contributed by atoms with van der Waals surface area (Å²) >= 11 is 4.59. The van der Waals surface area contributed by atoms with Gasteiger partial charge in [0.1, 0.15) is 6.10 Å². The first-order valence-electron chi connectivity index (χ1n) is 9.30. The number of anilines is 1. The zero-order valence-corrected chi connectivity index (χ0v) is 17.7. The molecule has 0 bridgehead atoms. The smallest absolute Gasteiger partial charge is 0.233 e. The van der Waals surface area contributed by atoms with Gasteiger partial charge in [-0.2, -0.15) is 0 Å². The monoisotopic (exact) mass is 452 g/mol. The van der Waals surface area contributed by atoms with E-state index in [1.54, 1.807) is 0 Å². The van der Waals surface area contributed by atoms with Crippen LogP contribution >= 0.6 is 27.3 Å². The van der Waals surface area contributed by atoms with E-state index >= 15 is 0 Å². The fourth-order valence-corrected chi connectivity index (χ4v) is 5.19. The van der Waals surface area contributed by atoms with Gasteiger partial charge < -0.3 is 15.5 Å². The zero-order chi connectivity index (χ0) is 19.4. The van der Waals surface area contributed by atoms with Crippen LogP contribution in [0.4, 0.5) is 5.13 Å². The maximum absolute atomic E-state index is 13.1. The number of carbonyl (C=O) groups is 1. The highest BCUT2D eigenvalue weighted by atomic mass is 79.9. The van der Waals surface area contributed by atoms with Crippen molar-refractivity contribution in [3.8, 4) is 0 Å². The first-order chi connectivity index (χ1) is 13.0. The summed E-state index contributed by atoms with van der Waals surface area (Å²) in [6.45, 7) is 1.63. The minimum Gasteiger partial charge on any atom is -0.393 e. The summed E-state index contributed by atoms with van der Waals surface area (Å²) in [7, 11) is 0. The minimum atomic E-state index is -1.06. The number of rotatable bonds is 7. The minimum absolute atomic E-state index is 0.0722. The van der Waals surface area contributed by atoms with Gasteiger partial charge in [0.05, 0.1) is 22.0 Å². The molecule has 27 heavy (non-hydrogen) atoms. The summed E-state index contributed by atoms with van der Waals surface area (Å²) in [5.41, 5.74) is 2.54. The lowest BCUT2D eigenvalue weighted by Crippen LogP contribution is -2.23. The molecule has 3 rings (SSSR count). The van der Waals surface area contributed by atoms with Crippen LogP contribution in [0.1, 0.15) is 60.9 Å². The van der Waals surface area contributed by atoms with Crippen molar-refractivity contribution < 1.29 is 15.0 Å². The number of amides is 1. The number of aliphatic hydroxyl groups is 2. The van der Waals surface area contributed by atoms with E-state index in [-0.39, 0.29) is 11.8 Å². The Hall–Kier alpha value is -1.28. The predicted molar refractivity (Wildman–Crippen MR) is 111 cm³/mol. The number of hydrogen-bond acceptors (Lipinski definition) is 5. The molecule has 1 aromatic heterocycles. The van der Waals surface area contributed by atoms with E-state index in [4.69, 9.17) is 5.11 Å². The summed E-state index contributed by atoms with van der Waals surface area (Å²) in [5, 5.41) is 22.3. The number of aromatic nitrogens is 1. The van der Waals surface area contributed by atoms with E-state index in [2.05, 4.69) is 26.2 Å². The van der Waals surface area contributed by atoms with Crippen molar-refractivity contribution in [3.05, 3.63) is 44.9 Å². The summed E-state index contributed by atoms with van der Waals surface area (Å²) in [6.07, 6.45) is 4.64. The van der Waals surface area contributed by atoms with Gasteiger partial charge in [0.15, 0.2) is 5.13 Å². The predicted octanol–water partition coefficient (Wildman–Crippen LogP) is 4.54. The third-order valence-corrected chi connectivity index (χ3v) is 6.84. The first kappa shape index (κ1) is 20.5. The van der Waals surface area contributed by atoms with Crippen LogP contribution in [0.15, 0.2) is 28.1 Å². The van der Waals surface area contributed by atoms with Gasteiger partial charge in [-0.05, 0) is 40.8 Å². The van der Waals surface area contributed by atoms with Crippen molar-refractivity contribution in [3.63, 3.8) is 0 Å².